The molecule has 2 heteroatoms. The van der Waals surface area contributed by atoms with E-state index in [4.69, 9.17) is 0 Å². The summed E-state index contributed by atoms with van der Waals surface area (Å²) in [6.07, 6.45) is 9.04. The van der Waals surface area contributed by atoms with E-state index in [-0.39, 0.29) is 5.41 Å². The second-order valence-electron chi connectivity index (χ2n) is 8.87. The van der Waals surface area contributed by atoms with Crippen LogP contribution in [0.5, 0.6) is 0 Å². The first-order chi connectivity index (χ1) is 13.9. The van der Waals surface area contributed by atoms with Crippen LogP contribution < -0.4 is 0 Å². The highest BCUT2D eigenvalue weighted by atomic mass is 14.8. The molecule has 0 saturated carbocycles. The van der Waals surface area contributed by atoms with Gasteiger partial charge in [-0.2, -0.15) is 0 Å². The predicted molar refractivity (Wildman–Crippen MR) is 120 cm³/mol. The van der Waals surface area contributed by atoms with Crippen LogP contribution in [0.3, 0.4) is 0 Å². The van der Waals surface area contributed by atoms with Crippen LogP contribution in [0.25, 0.3) is 16.8 Å². The van der Waals surface area contributed by atoms with Gasteiger partial charge in [-0.1, -0.05) is 74.5 Å². The van der Waals surface area contributed by atoms with Crippen LogP contribution in [-0.4, -0.2) is 9.97 Å². The molecule has 0 N–H and O–H groups in total. The molecule has 2 aliphatic rings. The molecule has 29 heavy (non-hydrogen) atoms. The largest absolute Gasteiger partial charge is 0.255 e. The first kappa shape index (κ1) is 18.1. The highest BCUT2D eigenvalue weighted by molar-refractivity contribution is 5.77. The first-order valence-electron chi connectivity index (χ1n) is 10.4. The van der Waals surface area contributed by atoms with E-state index >= 15 is 0 Å². The summed E-state index contributed by atoms with van der Waals surface area (Å²) in [6, 6.07) is 17.6. The highest BCUT2D eigenvalue weighted by Crippen LogP contribution is 2.54. The molecule has 3 aromatic rings. The fraction of sp³-hybridized carbons (Fsp3) is 0.259. The van der Waals surface area contributed by atoms with Gasteiger partial charge in [-0.15, -0.1) is 0 Å². The molecule has 1 aromatic heterocycles. The van der Waals surface area contributed by atoms with E-state index in [0.29, 0.717) is 11.8 Å². The normalized spacial score (nSPS) is 21.4. The number of allylic oxidation sites excluding steroid dienone is 4. The van der Waals surface area contributed by atoms with Crippen LogP contribution in [0.4, 0.5) is 0 Å². The minimum Gasteiger partial charge on any atom is -0.255 e. The summed E-state index contributed by atoms with van der Waals surface area (Å²) in [6.45, 7) is 8.80. The molecule has 2 unspecified atom stereocenters. The smallest absolute Gasteiger partial charge is 0.0914 e. The van der Waals surface area contributed by atoms with E-state index in [1.54, 1.807) is 0 Å². The fourth-order valence-electron chi connectivity index (χ4n) is 5.09. The van der Waals surface area contributed by atoms with Gasteiger partial charge in [0.2, 0.25) is 0 Å². The van der Waals surface area contributed by atoms with E-state index in [1.807, 2.05) is 20.0 Å². The third-order valence-corrected chi connectivity index (χ3v) is 6.62. The molecule has 0 amide bonds. The zero-order valence-corrected chi connectivity index (χ0v) is 17.5. The summed E-state index contributed by atoms with van der Waals surface area (Å²) in [5.41, 5.74) is 9.69. The van der Waals surface area contributed by atoms with Crippen molar-refractivity contribution in [3.8, 4) is 11.3 Å². The lowest BCUT2D eigenvalue weighted by Crippen LogP contribution is -2.25. The molecule has 1 heterocycles. The van der Waals surface area contributed by atoms with Gasteiger partial charge in [0.1, 0.15) is 0 Å². The van der Waals surface area contributed by atoms with Crippen LogP contribution in [0.15, 0.2) is 73.0 Å². The van der Waals surface area contributed by atoms with Crippen molar-refractivity contribution >= 4 is 5.57 Å². The number of rotatable bonds is 2. The number of hydrogen-bond donors (Lipinski definition) is 0. The molecule has 2 atom stereocenters. The minimum atomic E-state index is 0.0946. The van der Waals surface area contributed by atoms with E-state index in [0.717, 1.165) is 22.6 Å². The van der Waals surface area contributed by atoms with Crippen molar-refractivity contribution in [1.29, 1.82) is 0 Å². The zero-order valence-electron chi connectivity index (χ0n) is 17.5. The summed E-state index contributed by atoms with van der Waals surface area (Å²) in [5, 5.41) is 0. The molecule has 0 fully saturated rings. The van der Waals surface area contributed by atoms with E-state index in [1.165, 1.54) is 22.3 Å². The van der Waals surface area contributed by atoms with Gasteiger partial charge in [0.05, 0.1) is 17.1 Å². The molecular formula is C27H26N2. The third kappa shape index (κ3) is 2.86. The van der Waals surface area contributed by atoms with Crippen molar-refractivity contribution in [2.24, 2.45) is 5.92 Å². The maximum Gasteiger partial charge on any atom is 0.0914 e. The molecule has 2 nitrogen and oxygen atoms in total. The van der Waals surface area contributed by atoms with Crippen LogP contribution in [0.2, 0.25) is 0 Å². The summed E-state index contributed by atoms with van der Waals surface area (Å²) in [7, 11) is 0. The third-order valence-electron chi connectivity index (χ3n) is 6.62. The molecule has 0 spiro atoms. The zero-order chi connectivity index (χ0) is 20.2. The van der Waals surface area contributed by atoms with Crippen LogP contribution in [0, 0.1) is 19.8 Å². The van der Waals surface area contributed by atoms with Gasteiger partial charge in [-0.3, -0.25) is 9.97 Å². The van der Waals surface area contributed by atoms with Crippen LogP contribution >= 0.6 is 0 Å². The Morgan fingerprint density at radius 2 is 1.72 bits per heavy atom. The molecule has 0 aliphatic heterocycles. The Morgan fingerprint density at radius 1 is 0.931 bits per heavy atom. The van der Waals surface area contributed by atoms with Crippen molar-refractivity contribution in [3.05, 3.63) is 101 Å². The number of nitrogens with zero attached hydrogens (tertiary/aromatic N) is 2. The van der Waals surface area contributed by atoms with Gasteiger partial charge in [-0.25, -0.2) is 0 Å². The average molecular weight is 379 g/mol. The molecular weight excluding hydrogens is 352 g/mol. The summed E-state index contributed by atoms with van der Waals surface area (Å²) in [4.78, 5) is 9.28. The van der Waals surface area contributed by atoms with Gasteiger partial charge in [-0.05, 0) is 53.5 Å². The monoisotopic (exact) mass is 378 g/mol. The maximum absolute atomic E-state index is 4.67. The van der Waals surface area contributed by atoms with Gasteiger partial charge >= 0.3 is 0 Å². The predicted octanol–water partition coefficient (Wildman–Crippen LogP) is 6.40. The topological polar surface area (TPSA) is 25.8 Å². The SMILES string of the molecule is Cc1cnc(-c2ccc3c(c2)C2C=CC(c4ccccc4)=CC2C3(C)C)c(C)n1. The van der Waals surface area contributed by atoms with E-state index in [2.05, 4.69) is 90.6 Å². The number of benzene rings is 2. The molecule has 0 saturated heterocycles. The molecule has 144 valence electrons. The number of hydrogen-bond acceptors (Lipinski definition) is 2. The lowest BCUT2D eigenvalue weighted by Gasteiger charge is -2.31. The van der Waals surface area contributed by atoms with E-state index < -0.39 is 0 Å². The standard InChI is InChI=1S/C27H26N2/c1-17-16-28-26(18(2)29-17)21-11-13-24-23(14-21)22-12-10-20(15-25(22)27(24,3)4)19-8-6-5-7-9-19/h5-16,22,25H,1-4H3. The Kier molecular flexibility index (Phi) is 4.06. The van der Waals surface area contributed by atoms with Crippen molar-refractivity contribution in [3.63, 3.8) is 0 Å². The maximum atomic E-state index is 4.67. The second kappa shape index (κ2) is 6.52. The first-order valence-corrected chi connectivity index (χ1v) is 10.4. The quantitative estimate of drug-likeness (QED) is 0.515. The van der Waals surface area contributed by atoms with Gasteiger partial charge < -0.3 is 0 Å². The molecule has 2 aromatic carbocycles. The molecule has 2 aliphatic carbocycles. The van der Waals surface area contributed by atoms with Crippen LogP contribution in [-0.2, 0) is 5.41 Å². The fourth-order valence-corrected chi connectivity index (χ4v) is 5.09. The Balaban J connectivity index is 1.58. The van der Waals surface area contributed by atoms with Gasteiger partial charge in [0, 0.05) is 17.7 Å². The Bertz CT molecular complexity index is 1150. The highest BCUT2D eigenvalue weighted by Gasteiger charge is 2.45. The number of aromatic nitrogens is 2. The molecule has 0 bridgehead atoms. The van der Waals surface area contributed by atoms with Crippen molar-refractivity contribution in [2.75, 3.05) is 0 Å². The lowest BCUT2D eigenvalue weighted by molar-refractivity contribution is 0.395. The molecule has 5 rings (SSSR count). The summed E-state index contributed by atoms with van der Waals surface area (Å²) >= 11 is 0. The lowest BCUT2D eigenvalue weighted by atomic mass is 9.73. The Labute approximate surface area is 173 Å². The number of fused-ring (bicyclic) bond motifs is 3. The summed E-state index contributed by atoms with van der Waals surface area (Å²) < 4.78 is 0. The van der Waals surface area contributed by atoms with E-state index in [9.17, 15) is 0 Å². The van der Waals surface area contributed by atoms with Crippen LogP contribution in [0.1, 0.15) is 47.8 Å². The van der Waals surface area contributed by atoms with Crippen molar-refractivity contribution in [2.45, 2.75) is 39.0 Å². The second-order valence-corrected chi connectivity index (χ2v) is 8.87. The average Bonchev–Trinajstić information content (AvgIpc) is 2.95. The Morgan fingerprint density at radius 3 is 2.48 bits per heavy atom. The van der Waals surface area contributed by atoms with Gasteiger partial charge in [0.15, 0.2) is 0 Å². The molecule has 0 radical (unpaired) electrons. The van der Waals surface area contributed by atoms with Gasteiger partial charge in [0.25, 0.3) is 0 Å². The summed E-state index contributed by atoms with van der Waals surface area (Å²) in [5.74, 6) is 0.865. The Hall–Kier alpha value is -3.00. The number of aryl methyl sites for hydroxylation is 2. The van der Waals surface area contributed by atoms with Crippen molar-refractivity contribution in [1.82, 2.24) is 9.97 Å². The minimum absolute atomic E-state index is 0.0946. The van der Waals surface area contributed by atoms with Crippen molar-refractivity contribution < 1.29 is 0 Å².